The smallest absolute Gasteiger partial charge is 0.243 e. The Morgan fingerprint density at radius 3 is 2.53 bits per heavy atom. The number of ether oxygens (including phenoxy) is 1. The molecule has 8 nitrogen and oxygen atoms in total. The van der Waals surface area contributed by atoms with Crippen molar-refractivity contribution in [1.29, 1.82) is 0 Å². The zero-order chi connectivity index (χ0) is 24.6. The lowest BCUT2D eigenvalue weighted by molar-refractivity contribution is -0.130. The topological polar surface area (TPSA) is 105 Å². The van der Waals surface area contributed by atoms with Crippen molar-refractivity contribution in [2.24, 2.45) is 11.8 Å². The van der Waals surface area contributed by atoms with E-state index in [1.807, 2.05) is 13.8 Å². The van der Waals surface area contributed by atoms with E-state index in [1.54, 1.807) is 30.3 Å². The van der Waals surface area contributed by atoms with Crippen molar-refractivity contribution < 1.29 is 22.7 Å². The van der Waals surface area contributed by atoms with Gasteiger partial charge in [-0.1, -0.05) is 57.7 Å². The Bertz CT molecular complexity index is 900. The number of amides is 2. The molecule has 0 spiro atoms. The maximum Gasteiger partial charge on any atom is 0.243 e. The summed E-state index contributed by atoms with van der Waals surface area (Å²) < 4.78 is 32.9. The highest BCUT2D eigenvalue weighted by atomic mass is 32.2. The van der Waals surface area contributed by atoms with Gasteiger partial charge in [0.15, 0.2) is 0 Å². The second-order valence-corrected chi connectivity index (χ2v) is 11.8. The molecule has 9 heteroatoms. The van der Waals surface area contributed by atoms with Crippen LogP contribution in [0.5, 0.6) is 0 Å². The van der Waals surface area contributed by atoms with Gasteiger partial charge in [-0.05, 0) is 36.8 Å². The summed E-state index contributed by atoms with van der Waals surface area (Å²) in [5, 5.41) is 5.79. The number of nitrogens with zero attached hydrogens (tertiary/aromatic N) is 1. The minimum absolute atomic E-state index is 0.0817. The lowest BCUT2D eigenvalue weighted by Gasteiger charge is -2.32. The molecule has 3 rings (SSSR count). The van der Waals surface area contributed by atoms with Crippen LogP contribution in [-0.2, 0) is 24.3 Å². The van der Waals surface area contributed by atoms with E-state index in [2.05, 4.69) is 10.6 Å². The summed E-state index contributed by atoms with van der Waals surface area (Å²) in [5.41, 5.74) is 0. The average molecular weight is 494 g/mol. The van der Waals surface area contributed by atoms with E-state index in [4.69, 9.17) is 4.74 Å². The number of hydrogen-bond acceptors (Lipinski definition) is 5. The quantitative estimate of drug-likeness (QED) is 0.493. The van der Waals surface area contributed by atoms with Crippen LogP contribution < -0.4 is 10.6 Å². The van der Waals surface area contributed by atoms with Gasteiger partial charge >= 0.3 is 0 Å². The highest BCUT2D eigenvalue weighted by Crippen LogP contribution is 2.28. The highest BCUT2D eigenvalue weighted by molar-refractivity contribution is 7.89. The minimum Gasteiger partial charge on any atom is -0.374 e. The molecule has 1 aromatic rings. The van der Waals surface area contributed by atoms with Crippen molar-refractivity contribution in [3.05, 3.63) is 30.3 Å². The molecule has 1 aliphatic carbocycles. The van der Waals surface area contributed by atoms with Crippen molar-refractivity contribution in [2.75, 3.05) is 26.2 Å². The van der Waals surface area contributed by atoms with Gasteiger partial charge < -0.3 is 15.4 Å². The first-order chi connectivity index (χ1) is 16.3. The minimum atomic E-state index is -3.61. The van der Waals surface area contributed by atoms with E-state index in [1.165, 1.54) is 30.0 Å². The summed E-state index contributed by atoms with van der Waals surface area (Å²) in [6.45, 7) is 4.92. The van der Waals surface area contributed by atoms with Crippen LogP contribution in [-0.4, -0.2) is 62.9 Å². The Morgan fingerprint density at radius 2 is 1.85 bits per heavy atom. The highest BCUT2D eigenvalue weighted by Gasteiger charge is 2.31. The second kappa shape index (κ2) is 12.7. The van der Waals surface area contributed by atoms with E-state index < -0.39 is 22.2 Å². The lowest BCUT2D eigenvalue weighted by Crippen LogP contribution is -2.52. The molecule has 2 atom stereocenters. The van der Waals surface area contributed by atoms with Gasteiger partial charge in [0.25, 0.3) is 0 Å². The van der Waals surface area contributed by atoms with Crippen LogP contribution in [0.2, 0.25) is 0 Å². The number of carbonyl (C=O) groups is 2. The number of hydrogen-bond donors (Lipinski definition) is 2. The second-order valence-electron chi connectivity index (χ2n) is 9.85. The van der Waals surface area contributed by atoms with Crippen molar-refractivity contribution in [1.82, 2.24) is 14.9 Å². The molecule has 2 fully saturated rings. The molecule has 2 amide bonds. The fourth-order valence-electron chi connectivity index (χ4n) is 4.72. The first-order valence-electron chi connectivity index (χ1n) is 12.5. The normalized spacial score (nSPS) is 20.9. The standard InChI is InChI=1S/C25H39N3O5S/c1-19(2)16-23(27-24(29)13-12-20-8-6-7-9-20)25(30)26-17-21-18-28(14-15-33-21)34(31,32)22-10-4-3-5-11-22/h3-5,10-11,19-21,23H,6-9,12-18H2,1-2H3,(H,26,30)(H,27,29)/t21?,23-/m1/s1. The number of nitrogens with one attached hydrogen (secondary N) is 2. The van der Waals surface area contributed by atoms with E-state index in [0.29, 0.717) is 18.8 Å². The van der Waals surface area contributed by atoms with E-state index in [9.17, 15) is 18.0 Å². The molecule has 1 aromatic carbocycles. The molecule has 0 radical (unpaired) electrons. The van der Waals surface area contributed by atoms with Crippen molar-refractivity contribution in [2.45, 2.75) is 75.8 Å². The number of rotatable bonds is 11. The molecule has 1 aliphatic heterocycles. The maximum absolute atomic E-state index is 12.9. The van der Waals surface area contributed by atoms with Gasteiger partial charge in [0.05, 0.1) is 17.6 Å². The number of carbonyl (C=O) groups excluding carboxylic acids is 2. The molecule has 2 N–H and O–H groups in total. The fraction of sp³-hybridized carbons (Fsp3) is 0.680. The van der Waals surface area contributed by atoms with Gasteiger partial charge in [-0.2, -0.15) is 4.31 Å². The Labute approximate surface area is 203 Å². The zero-order valence-electron chi connectivity index (χ0n) is 20.4. The number of sulfonamides is 1. The first-order valence-corrected chi connectivity index (χ1v) is 13.9. The molecule has 1 saturated heterocycles. The van der Waals surface area contributed by atoms with E-state index >= 15 is 0 Å². The summed E-state index contributed by atoms with van der Waals surface area (Å²) in [6, 6.07) is 7.71. The van der Waals surface area contributed by atoms with Crippen LogP contribution in [0.3, 0.4) is 0 Å². The van der Waals surface area contributed by atoms with Gasteiger partial charge in [-0.3, -0.25) is 9.59 Å². The lowest BCUT2D eigenvalue weighted by atomic mass is 10.00. The summed E-state index contributed by atoms with van der Waals surface area (Å²) >= 11 is 0. The fourth-order valence-corrected chi connectivity index (χ4v) is 6.19. The van der Waals surface area contributed by atoms with Crippen LogP contribution in [0.1, 0.15) is 58.8 Å². The third-order valence-corrected chi connectivity index (χ3v) is 8.48. The van der Waals surface area contributed by atoms with Crippen molar-refractivity contribution in [3.63, 3.8) is 0 Å². The Balaban J connectivity index is 1.51. The average Bonchev–Trinajstić information content (AvgIpc) is 3.35. The Kier molecular flexibility index (Phi) is 9.91. The van der Waals surface area contributed by atoms with Gasteiger partial charge in [-0.25, -0.2) is 8.42 Å². The van der Waals surface area contributed by atoms with E-state index in [-0.39, 0.29) is 48.9 Å². The molecule has 0 bridgehead atoms. The van der Waals surface area contributed by atoms with Crippen molar-refractivity contribution >= 4 is 21.8 Å². The van der Waals surface area contributed by atoms with Gasteiger partial charge in [-0.15, -0.1) is 0 Å². The summed E-state index contributed by atoms with van der Waals surface area (Å²) in [7, 11) is -3.61. The molecule has 1 unspecified atom stereocenters. The largest absolute Gasteiger partial charge is 0.374 e. The van der Waals surface area contributed by atoms with E-state index in [0.717, 1.165) is 6.42 Å². The van der Waals surface area contributed by atoms with Gasteiger partial charge in [0.2, 0.25) is 21.8 Å². The molecule has 34 heavy (non-hydrogen) atoms. The SMILES string of the molecule is CC(C)C[C@@H](NC(=O)CCC1CCCC1)C(=O)NCC1CN(S(=O)(=O)c2ccccc2)CCO1. The third kappa shape index (κ3) is 7.78. The zero-order valence-corrected chi connectivity index (χ0v) is 21.2. The predicted octanol–water partition coefficient (Wildman–Crippen LogP) is 2.69. The Morgan fingerprint density at radius 1 is 1.15 bits per heavy atom. The molecule has 1 heterocycles. The maximum atomic E-state index is 12.9. The summed E-state index contributed by atoms with van der Waals surface area (Å²) in [5.74, 6) is 0.529. The van der Waals surface area contributed by atoms with Crippen LogP contribution >= 0.6 is 0 Å². The van der Waals surface area contributed by atoms with Gasteiger partial charge in [0.1, 0.15) is 6.04 Å². The number of benzene rings is 1. The van der Waals surface area contributed by atoms with Crippen LogP contribution in [0.15, 0.2) is 35.2 Å². The van der Waals surface area contributed by atoms with Gasteiger partial charge in [0, 0.05) is 26.1 Å². The van der Waals surface area contributed by atoms with Crippen LogP contribution in [0.25, 0.3) is 0 Å². The molecule has 1 saturated carbocycles. The molecular weight excluding hydrogens is 454 g/mol. The first kappa shape index (κ1) is 26.6. The molecule has 0 aromatic heterocycles. The number of morpholine rings is 1. The predicted molar refractivity (Wildman–Crippen MR) is 131 cm³/mol. The Hall–Kier alpha value is -1.97. The molecule has 190 valence electrons. The third-order valence-electron chi connectivity index (χ3n) is 6.60. The summed E-state index contributed by atoms with van der Waals surface area (Å²) in [4.78, 5) is 25.7. The molecular formula is C25H39N3O5S. The monoisotopic (exact) mass is 493 g/mol. The van der Waals surface area contributed by atoms with Crippen LogP contribution in [0, 0.1) is 11.8 Å². The summed E-state index contributed by atoms with van der Waals surface area (Å²) in [6.07, 6.45) is 6.31. The van der Waals surface area contributed by atoms with Crippen molar-refractivity contribution in [3.8, 4) is 0 Å². The molecule has 2 aliphatic rings. The van der Waals surface area contributed by atoms with Crippen LogP contribution in [0.4, 0.5) is 0 Å².